The number of hydrogen-bond acceptors (Lipinski definition) is 3. The highest BCUT2D eigenvalue weighted by Gasteiger charge is 2.19. The van der Waals surface area contributed by atoms with Crippen LogP contribution in [-0.4, -0.2) is 24.5 Å². The lowest BCUT2D eigenvalue weighted by atomic mass is 10.1. The number of amides is 1. The molecule has 4 nitrogen and oxygen atoms in total. The molecule has 0 saturated carbocycles. The number of halogens is 2. The second-order valence-electron chi connectivity index (χ2n) is 4.69. The largest absolute Gasteiger partial charge is 0.463 e. The molecule has 6 heteroatoms. The SMILES string of the molecule is CC(C)OC(=O)C(C)CNC(=O)c1c(F)cccc1Br. The Labute approximate surface area is 125 Å². The van der Waals surface area contributed by atoms with E-state index in [1.54, 1.807) is 26.8 Å². The fourth-order valence-corrected chi connectivity index (χ4v) is 2.00. The number of nitrogens with one attached hydrogen (secondary N) is 1. The Bertz CT molecular complexity index is 485. The number of carbonyl (C=O) groups is 2. The van der Waals surface area contributed by atoms with E-state index in [1.807, 2.05) is 0 Å². The van der Waals surface area contributed by atoms with Crippen LogP contribution in [0.15, 0.2) is 22.7 Å². The van der Waals surface area contributed by atoms with Crippen LogP contribution in [0.2, 0.25) is 0 Å². The van der Waals surface area contributed by atoms with Crippen molar-refractivity contribution < 1.29 is 18.7 Å². The van der Waals surface area contributed by atoms with E-state index in [2.05, 4.69) is 21.2 Å². The molecule has 0 saturated heterocycles. The highest BCUT2D eigenvalue weighted by atomic mass is 79.9. The molecule has 0 aliphatic rings. The van der Waals surface area contributed by atoms with Crippen LogP contribution in [0.4, 0.5) is 4.39 Å². The average molecular weight is 346 g/mol. The molecule has 0 aliphatic heterocycles. The highest BCUT2D eigenvalue weighted by Crippen LogP contribution is 2.19. The second-order valence-corrected chi connectivity index (χ2v) is 5.55. The summed E-state index contributed by atoms with van der Waals surface area (Å²) in [5, 5.41) is 2.52. The lowest BCUT2D eigenvalue weighted by Crippen LogP contribution is -2.33. The number of ether oxygens (including phenoxy) is 1. The van der Waals surface area contributed by atoms with Crippen molar-refractivity contribution in [3.8, 4) is 0 Å². The lowest BCUT2D eigenvalue weighted by molar-refractivity contribution is -0.151. The Kier molecular flexibility index (Phi) is 6.13. The van der Waals surface area contributed by atoms with E-state index >= 15 is 0 Å². The van der Waals surface area contributed by atoms with Crippen molar-refractivity contribution in [2.24, 2.45) is 5.92 Å². The third-order valence-electron chi connectivity index (χ3n) is 2.51. The van der Waals surface area contributed by atoms with Crippen molar-refractivity contribution in [2.45, 2.75) is 26.9 Å². The molecule has 0 spiro atoms. The molecular weight excluding hydrogens is 329 g/mol. The van der Waals surface area contributed by atoms with Gasteiger partial charge in [0, 0.05) is 11.0 Å². The summed E-state index contributed by atoms with van der Waals surface area (Å²) in [6.07, 6.45) is -0.207. The zero-order valence-corrected chi connectivity index (χ0v) is 13.2. The maximum absolute atomic E-state index is 13.6. The van der Waals surface area contributed by atoms with Crippen LogP contribution in [0.5, 0.6) is 0 Å². The van der Waals surface area contributed by atoms with Gasteiger partial charge in [0.15, 0.2) is 0 Å². The minimum atomic E-state index is -0.616. The Morgan fingerprint density at radius 3 is 2.55 bits per heavy atom. The molecule has 1 unspecified atom stereocenters. The first kappa shape index (κ1) is 16.6. The van der Waals surface area contributed by atoms with Crippen LogP contribution in [0.3, 0.4) is 0 Å². The third kappa shape index (κ3) is 4.59. The maximum atomic E-state index is 13.6. The Morgan fingerprint density at radius 1 is 1.35 bits per heavy atom. The molecule has 1 rings (SSSR count). The van der Waals surface area contributed by atoms with Gasteiger partial charge in [0.1, 0.15) is 5.82 Å². The summed E-state index contributed by atoms with van der Waals surface area (Å²) in [7, 11) is 0. The summed E-state index contributed by atoms with van der Waals surface area (Å²) >= 11 is 3.12. The normalized spacial score (nSPS) is 12.1. The van der Waals surface area contributed by atoms with E-state index in [0.29, 0.717) is 4.47 Å². The standard InChI is InChI=1S/C14H17BrFNO3/c1-8(2)20-14(19)9(3)7-17-13(18)12-10(15)5-4-6-11(12)16/h4-6,8-9H,7H2,1-3H3,(H,17,18). The predicted molar refractivity (Wildman–Crippen MR) is 76.8 cm³/mol. The second kappa shape index (κ2) is 7.38. The van der Waals surface area contributed by atoms with Gasteiger partial charge in [-0.3, -0.25) is 9.59 Å². The van der Waals surface area contributed by atoms with Crippen LogP contribution in [-0.2, 0) is 9.53 Å². The van der Waals surface area contributed by atoms with Gasteiger partial charge in [-0.15, -0.1) is 0 Å². The zero-order chi connectivity index (χ0) is 15.3. The topological polar surface area (TPSA) is 55.4 Å². The first-order valence-corrected chi connectivity index (χ1v) is 7.05. The molecule has 1 N–H and O–H groups in total. The summed E-state index contributed by atoms with van der Waals surface area (Å²) in [5.74, 6) is -2.08. The molecule has 0 aromatic heterocycles. The van der Waals surface area contributed by atoms with Gasteiger partial charge in [-0.25, -0.2) is 4.39 Å². The van der Waals surface area contributed by atoms with Gasteiger partial charge in [-0.05, 0) is 41.9 Å². The quantitative estimate of drug-likeness (QED) is 0.834. The van der Waals surface area contributed by atoms with Crippen LogP contribution >= 0.6 is 15.9 Å². The van der Waals surface area contributed by atoms with Gasteiger partial charge in [0.05, 0.1) is 17.6 Å². The van der Waals surface area contributed by atoms with E-state index in [1.165, 1.54) is 12.1 Å². The monoisotopic (exact) mass is 345 g/mol. The van der Waals surface area contributed by atoms with Gasteiger partial charge < -0.3 is 10.1 Å². The van der Waals surface area contributed by atoms with Crippen LogP contribution in [0.1, 0.15) is 31.1 Å². The summed E-state index contributed by atoms with van der Waals surface area (Å²) in [5.41, 5.74) is -0.0723. The molecule has 0 heterocycles. The van der Waals surface area contributed by atoms with Crippen molar-refractivity contribution in [2.75, 3.05) is 6.54 Å². The molecule has 1 amide bonds. The van der Waals surface area contributed by atoms with Gasteiger partial charge in [-0.2, -0.15) is 0 Å². The minimum absolute atomic E-state index is 0.0723. The first-order valence-electron chi connectivity index (χ1n) is 6.25. The highest BCUT2D eigenvalue weighted by molar-refractivity contribution is 9.10. The number of benzene rings is 1. The lowest BCUT2D eigenvalue weighted by Gasteiger charge is -2.15. The van der Waals surface area contributed by atoms with E-state index in [9.17, 15) is 14.0 Å². The molecular formula is C14H17BrFNO3. The predicted octanol–water partition coefficient (Wildman–Crippen LogP) is 2.91. The van der Waals surface area contributed by atoms with Crippen LogP contribution in [0.25, 0.3) is 0 Å². The Hall–Kier alpha value is -1.43. The summed E-state index contributed by atoms with van der Waals surface area (Å²) in [6, 6.07) is 4.28. The van der Waals surface area contributed by atoms with Crippen molar-refractivity contribution >= 4 is 27.8 Å². The molecule has 0 fully saturated rings. The fourth-order valence-electron chi connectivity index (χ4n) is 1.48. The Morgan fingerprint density at radius 2 is 2.00 bits per heavy atom. The maximum Gasteiger partial charge on any atom is 0.310 e. The van der Waals surface area contributed by atoms with Crippen molar-refractivity contribution in [1.82, 2.24) is 5.32 Å². The van der Waals surface area contributed by atoms with Crippen molar-refractivity contribution in [1.29, 1.82) is 0 Å². The molecule has 1 atom stereocenters. The van der Waals surface area contributed by atoms with E-state index < -0.39 is 23.6 Å². The number of rotatable bonds is 5. The molecule has 0 bridgehead atoms. The molecule has 1 aromatic carbocycles. The Balaban J connectivity index is 2.62. The molecule has 0 aliphatic carbocycles. The minimum Gasteiger partial charge on any atom is -0.463 e. The molecule has 0 radical (unpaired) electrons. The fraction of sp³-hybridized carbons (Fsp3) is 0.429. The first-order chi connectivity index (χ1) is 9.32. The third-order valence-corrected chi connectivity index (χ3v) is 3.17. The summed E-state index contributed by atoms with van der Waals surface area (Å²) in [6.45, 7) is 5.23. The molecule has 20 heavy (non-hydrogen) atoms. The van der Waals surface area contributed by atoms with Gasteiger partial charge in [0.25, 0.3) is 5.91 Å². The van der Waals surface area contributed by atoms with Gasteiger partial charge in [-0.1, -0.05) is 13.0 Å². The molecule has 110 valence electrons. The number of carbonyl (C=O) groups excluding carboxylic acids is 2. The van der Waals surface area contributed by atoms with Gasteiger partial charge >= 0.3 is 5.97 Å². The number of hydrogen-bond donors (Lipinski definition) is 1. The van der Waals surface area contributed by atoms with Crippen molar-refractivity contribution in [3.05, 3.63) is 34.1 Å². The molecule has 1 aromatic rings. The zero-order valence-electron chi connectivity index (χ0n) is 11.6. The van der Waals surface area contributed by atoms with Gasteiger partial charge in [0.2, 0.25) is 0 Å². The summed E-state index contributed by atoms with van der Waals surface area (Å²) < 4.78 is 19.0. The van der Waals surface area contributed by atoms with Crippen LogP contribution in [0, 0.1) is 11.7 Å². The van der Waals surface area contributed by atoms with Crippen LogP contribution < -0.4 is 5.32 Å². The summed E-state index contributed by atoms with van der Waals surface area (Å²) in [4.78, 5) is 23.5. The van der Waals surface area contributed by atoms with E-state index in [0.717, 1.165) is 0 Å². The van der Waals surface area contributed by atoms with E-state index in [-0.39, 0.29) is 18.2 Å². The van der Waals surface area contributed by atoms with E-state index in [4.69, 9.17) is 4.74 Å². The smallest absolute Gasteiger partial charge is 0.310 e. The average Bonchev–Trinajstić information content (AvgIpc) is 2.34. The number of esters is 1. The van der Waals surface area contributed by atoms with Crippen molar-refractivity contribution in [3.63, 3.8) is 0 Å².